The number of benzene rings is 1. The molecule has 2 aromatic rings. The summed E-state index contributed by atoms with van der Waals surface area (Å²) in [7, 11) is 3.92. The van der Waals surface area contributed by atoms with Crippen molar-refractivity contribution in [2.24, 2.45) is 5.92 Å². The zero-order valence-corrected chi connectivity index (χ0v) is 17.6. The Morgan fingerprint density at radius 2 is 1.93 bits per heavy atom. The maximum Gasteiger partial charge on any atom is 0.252 e. The smallest absolute Gasteiger partial charge is 0.252 e. The molecule has 28 heavy (non-hydrogen) atoms. The van der Waals surface area contributed by atoms with Gasteiger partial charge < -0.3 is 15.5 Å². The highest BCUT2D eigenvalue weighted by molar-refractivity contribution is 6.43. The van der Waals surface area contributed by atoms with Gasteiger partial charge in [0.1, 0.15) is 5.82 Å². The minimum absolute atomic E-state index is 0.179. The van der Waals surface area contributed by atoms with Crippen LogP contribution >= 0.6 is 23.2 Å². The maximum atomic E-state index is 12.4. The molecule has 2 N–H and O–H groups in total. The first-order valence-corrected chi connectivity index (χ1v) is 10.2. The maximum absolute atomic E-state index is 12.4. The van der Waals surface area contributed by atoms with Crippen LogP contribution in [0, 0.1) is 5.92 Å². The van der Waals surface area contributed by atoms with E-state index in [4.69, 9.17) is 23.2 Å². The lowest BCUT2D eigenvalue weighted by atomic mass is 9.86. The molecule has 1 aromatic carbocycles. The number of carbonyl (C=O) groups excluding carboxylic acids is 1. The summed E-state index contributed by atoms with van der Waals surface area (Å²) in [6, 6.07) is 7.33. The van der Waals surface area contributed by atoms with Crippen LogP contribution < -0.4 is 15.5 Å². The molecule has 1 amide bonds. The lowest BCUT2D eigenvalue weighted by molar-refractivity contribution is 0.0943. The summed E-state index contributed by atoms with van der Waals surface area (Å²) in [4.78, 5) is 23.2. The van der Waals surface area contributed by atoms with Crippen LogP contribution in [-0.4, -0.2) is 42.6 Å². The number of hydrogen-bond acceptors (Lipinski definition) is 5. The summed E-state index contributed by atoms with van der Waals surface area (Å²) < 4.78 is 0. The molecule has 1 fully saturated rings. The van der Waals surface area contributed by atoms with Gasteiger partial charge in [-0.15, -0.1) is 0 Å². The van der Waals surface area contributed by atoms with Crippen LogP contribution in [0.1, 0.15) is 36.0 Å². The molecule has 0 unspecified atom stereocenters. The van der Waals surface area contributed by atoms with Gasteiger partial charge in [-0.2, -0.15) is 4.98 Å². The Hall–Kier alpha value is -2.05. The van der Waals surface area contributed by atoms with Gasteiger partial charge in [0.25, 0.3) is 5.91 Å². The van der Waals surface area contributed by atoms with Crippen molar-refractivity contribution in [2.45, 2.75) is 31.7 Å². The zero-order chi connectivity index (χ0) is 20.1. The van der Waals surface area contributed by atoms with Crippen molar-refractivity contribution < 1.29 is 4.79 Å². The van der Waals surface area contributed by atoms with Gasteiger partial charge >= 0.3 is 0 Å². The second-order valence-electron chi connectivity index (χ2n) is 7.31. The Balaban J connectivity index is 1.46. The summed E-state index contributed by atoms with van der Waals surface area (Å²) >= 11 is 12.1. The molecule has 1 heterocycles. The van der Waals surface area contributed by atoms with Crippen molar-refractivity contribution in [3.63, 3.8) is 0 Å². The third-order valence-electron chi connectivity index (χ3n) is 5.03. The molecule has 0 spiro atoms. The highest BCUT2D eigenvalue weighted by Gasteiger charge is 2.23. The molecule has 0 atom stereocenters. The Labute approximate surface area is 175 Å². The standard InChI is InChI=1S/C20H25Cl2N5O/c1-27(2)17-10-11-23-20(26-17)25-14-8-6-13(7-9-14)12-24-19(28)15-4-3-5-16(21)18(15)22/h3-5,10-11,13-14H,6-9,12H2,1-2H3,(H,24,28)(H,23,25,26)/t13-,14+. The SMILES string of the molecule is CN(C)c1ccnc(N[C@H]2CC[C@@H](CNC(=O)c3cccc(Cl)c3Cl)CC2)n1. The van der Waals surface area contributed by atoms with Gasteiger partial charge in [0.15, 0.2) is 0 Å². The van der Waals surface area contributed by atoms with E-state index in [0.717, 1.165) is 31.5 Å². The molecule has 0 radical (unpaired) electrons. The number of nitrogens with one attached hydrogen (secondary N) is 2. The largest absolute Gasteiger partial charge is 0.363 e. The number of anilines is 2. The number of rotatable bonds is 6. The van der Waals surface area contributed by atoms with Crippen molar-refractivity contribution in [1.29, 1.82) is 0 Å². The predicted octanol–water partition coefficient (Wildman–Crippen LogP) is 4.25. The average molecular weight is 422 g/mol. The lowest BCUT2D eigenvalue weighted by Gasteiger charge is -2.29. The number of amides is 1. The Bertz CT molecular complexity index is 822. The van der Waals surface area contributed by atoms with E-state index in [1.54, 1.807) is 24.4 Å². The van der Waals surface area contributed by atoms with Crippen molar-refractivity contribution in [3.8, 4) is 0 Å². The average Bonchev–Trinajstić information content (AvgIpc) is 2.69. The Morgan fingerprint density at radius 1 is 1.18 bits per heavy atom. The normalized spacial score (nSPS) is 19.1. The minimum atomic E-state index is -0.179. The van der Waals surface area contributed by atoms with E-state index in [1.807, 2.05) is 25.1 Å². The molecule has 0 bridgehead atoms. The van der Waals surface area contributed by atoms with E-state index < -0.39 is 0 Å². The molecule has 1 aliphatic carbocycles. The van der Waals surface area contributed by atoms with Crippen molar-refractivity contribution in [1.82, 2.24) is 15.3 Å². The summed E-state index contributed by atoms with van der Waals surface area (Å²) in [6.45, 7) is 0.640. The van der Waals surface area contributed by atoms with E-state index in [0.29, 0.717) is 40.1 Å². The molecule has 8 heteroatoms. The fraction of sp³-hybridized carbons (Fsp3) is 0.450. The quantitative estimate of drug-likeness (QED) is 0.729. The summed E-state index contributed by atoms with van der Waals surface area (Å²) in [5, 5.41) is 7.11. The van der Waals surface area contributed by atoms with E-state index in [1.165, 1.54) is 0 Å². The van der Waals surface area contributed by atoms with Gasteiger partial charge in [0, 0.05) is 32.9 Å². The second kappa shape index (κ2) is 9.43. The highest BCUT2D eigenvalue weighted by Crippen LogP contribution is 2.27. The molecule has 1 aliphatic rings. The number of hydrogen-bond donors (Lipinski definition) is 2. The number of nitrogens with zero attached hydrogens (tertiary/aromatic N) is 3. The third kappa shape index (κ3) is 5.26. The van der Waals surface area contributed by atoms with Crippen molar-refractivity contribution >= 4 is 40.9 Å². The van der Waals surface area contributed by atoms with Crippen LogP contribution in [0.4, 0.5) is 11.8 Å². The molecule has 150 valence electrons. The van der Waals surface area contributed by atoms with Crippen LogP contribution in [0.25, 0.3) is 0 Å². The first-order valence-electron chi connectivity index (χ1n) is 9.43. The van der Waals surface area contributed by atoms with Gasteiger partial charge in [-0.3, -0.25) is 4.79 Å². The fourth-order valence-electron chi connectivity index (χ4n) is 3.37. The van der Waals surface area contributed by atoms with Crippen molar-refractivity contribution in [3.05, 3.63) is 46.1 Å². The van der Waals surface area contributed by atoms with Crippen molar-refractivity contribution in [2.75, 3.05) is 30.9 Å². The third-order valence-corrected chi connectivity index (χ3v) is 5.85. The van der Waals surface area contributed by atoms with Crippen LogP contribution in [0.2, 0.25) is 10.0 Å². The highest BCUT2D eigenvalue weighted by atomic mass is 35.5. The second-order valence-corrected chi connectivity index (χ2v) is 8.09. The van der Waals surface area contributed by atoms with Crippen LogP contribution in [0.5, 0.6) is 0 Å². The lowest BCUT2D eigenvalue weighted by Crippen LogP contribution is -2.34. The molecular formula is C20H25Cl2N5O. The molecule has 0 saturated heterocycles. The topological polar surface area (TPSA) is 70.2 Å². The zero-order valence-electron chi connectivity index (χ0n) is 16.1. The minimum Gasteiger partial charge on any atom is -0.363 e. The first kappa shape index (κ1) is 20.7. The van der Waals surface area contributed by atoms with Gasteiger partial charge in [0.2, 0.25) is 5.95 Å². The summed E-state index contributed by atoms with van der Waals surface area (Å²) in [5.74, 6) is 1.82. The van der Waals surface area contributed by atoms with Gasteiger partial charge in [-0.25, -0.2) is 4.98 Å². The number of halogens is 2. The van der Waals surface area contributed by atoms with Gasteiger partial charge in [-0.05, 0) is 49.8 Å². The van der Waals surface area contributed by atoms with E-state index in [-0.39, 0.29) is 5.91 Å². The van der Waals surface area contributed by atoms with Gasteiger partial charge in [0.05, 0.1) is 15.6 Å². The van der Waals surface area contributed by atoms with Crippen LogP contribution in [-0.2, 0) is 0 Å². The summed E-state index contributed by atoms with van der Waals surface area (Å²) in [5.41, 5.74) is 0.419. The Morgan fingerprint density at radius 3 is 2.64 bits per heavy atom. The fourth-order valence-corrected chi connectivity index (χ4v) is 3.76. The monoisotopic (exact) mass is 421 g/mol. The molecule has 0 aliphatic heterocycles. The first-order chi connectivity index (χ1) is 13.4. The van der Waals surface area contributed by atoms with E-state index in [9.17, 15) is 4.79 Å². The van der Waals surface area contributed by atoms with E-state index >= 15 is 0 Å². The molecule has 1 aromatic heterocycles. The predicted molar refractivity (Wildman–Crippen MR) is 115 cm³/mol. The number of carbonyl (C=O) groups is 1. The number of aromatic nitrogens is 2. The molecular weight excluding hydrogens is 397 g/mol. The molecule has 1 saturated carbocycles. The summed E-state index contributed by atoms with van der Waals surface area (Å²) in [6.07, 6.45) is 5.89. The van der Waals surface area contributed by atoms with Crippen LogP contribution in [0.3, 0.4) is 0 Å². The molecule has 3 rings (SSSR count). The van der Waals surface area contributed by atoms with Gasteiger partial charge in [-0.1, -0.05) is 29.3 Å². The molecule has 6 nitrogen and oxygen atoms in total. The van der Waals surface area contributed by atoms with E-state index in [2.05, 4.69) is 20.6 Å². The van der Waals surface area contributed by atoms with Crippen LogP contribution in [0.15, 0.2) is 30.5 Å². The Kier molecular flexibility index (Phi) is 6.97.